The summed E-state index contributed by atoms with van der Waals surface area (Å²) >= 11 is 6.24. The van der Waals surface area contributed by atoms with Crippen molar-refractivity contribution in [2.24, 2.45) is 0 Å². The lowest BCUT2D eigenvalue weighted by atomic mass is 10.0. The Morgan fingerprint density at radius 3 is 0.850 bits per heavy atom. The zero-order valence-electron chi connectivity index (χ0n) is 28.8. The summed E-state index contributed by atoms with van der Waals surface area (Å²) in [6.07, 6.45) is 45.4. The molecule has 0 saturated carbocycles. The summed E-state index contributed by atoms with van der Waals surface area (Å²) in [6, 6.07) is 0. The quantitative estimate of drug-likeness (QED) is 0.0346. The van der Waals surface area contributed by atoms with Crippen LogP contribution in [0.3, 0.4) is 0 Å². The first-order valence-corrected chi connectivity index (χ1v) is 19.3. The molecule has 0 aromatic rings. The topological polar surface area (TPSA) is 4.44 Å². The smallest absolute Gasteiger partial charge is 0.162 e. The molecule has 2 heteroatoms. The molecule has 0 saturated heterocycles. The van der Waals surface area contributed by atoms with E-state index in [1.54, 1.807) is 0 Å². The molecule has 244 valence electrons. The van der Waals surface area contributed by atoms with Crippen molar-refractivity contribution in [3.8, 4) is 0 Å². The predicted octanol–water partition coefficient (Wildman–Crippen LogP) is 13.0. The van der Waals surface area contributed by atoms with Gasteiger partial charge < -0.3 is 11.8 Å². The van der Waals surface area contributed by atoms with Crippen LogP contribution in [0.4, 0.5) is 0 Å². The Balaban J connectivity index is 0. The molecular formula is C38H80ClN. The van der Waals surface area contributed by atoms with E-state index < -0.39 is 0 Å². The lowest BCUT2D eigenvalue weighted by Gasteiger charge is -2.14. The zero-order valence-corrected chi connectivity index (χ0v) is 29.5. The van der Waals surface area contributed by atoms with Crippen molar-refractivity contribution in [3.05, 3.63) is 6.92 Å². The number of nitrogens with one attached hydrogen (secondary N) is 1. The second kappa shape index (κ2) is 39.2. The average Bonchev–Trinajstić information content (AvgIpc) is 2.95. The maximum atomic E-state index is 6.24. The first-order chi connectivity index (χ1) is 19.6. The maximum absolute atomic E-state index is 6.24. The van der Waals surface area contributed by atoms with Crippen molar-refractivity contribution in [1.29, 1.82) is 0 Å². The Morgan fingerprint density at radius 2 is 0.625 bits per heavy atom. The Morgan fingerprint density at radius 1 is 0.400 bits per heavy atom. The van der Waals surface area contributed by atoms with Gasteiger partial charge in [-0.05, 0) is 6.42 Å². The fourth-order valence-corrected chi connectivity index (χ4v) is 5.69. The number of rotatable bonds is 32. The van der Waals surface area contributed by atoms with Gasteiger partial charge in [-0.3, -0.25) is 0 Å². The van der Waals surface area contributed by atoms with Gasteiger partial charge in [0.15, 0.2) is 5.50 Å². The van der Waals surface area contributed by atoms with Crippen molar-refractivity contribution >= 4 is 11.6 Å². The van der Waals surface area contributed by atoms with E-state index in [1.165, 1.54) is 204 Å². The minimum atomic E-state index is 0.307. The highest BCUT2D eigenvalue weighted by atomic mass is 35.5. The lowest BCUT2D eigenvalue weighted by molar-refractivity contribution is -0.871. The molecule has 40 heavy (non-hydrogen) atoms. The van der Waals surface area contributed by atoms with Gasteiger partial charge in [-0.2, -0.15) is 6.42 Å². The molecule has 0 aliphatic heterocycles. The number of hydrogen-bond donors (Lipinski definition) is 1. The Hall–Kier alpha value is 0.250. The van der Waals surface area contributed by atoms with E-state index in [0.717, 1.165) is 6.42 Å². The second-order valence-corrected chi connectivity index (χ2v) is 13.6. The molecule has 0 spiro atoms. The third kappa shape index (κ3) is 40.4. The van der Waals surface area contributed by atoms with Gasteiger partial charge in [0.25, 0.3) is 0 Å². The van der Waals surface area contributed by atoms with E-state index in [4.69, 9.17) is 11.6 Å². The largest absolute Gasteiger partial charge is 0.343 e. The highest BCUT2D eigenvalue weighted by Gasteiger charge is 2.08. The van der Waals surface area contributed by atoms with Gasteiger partial charge in [0.2, 0.25) is 0 Å². The van der Waals surface area contributed by atoms with Crippen LogP contribution < -0.4 is 4.90 Å². The molecule has 0 amide bonds. The van der Waals surface area contributed by atoms with Gasteiger partial charge in [0, 0.05) is 6.42 Å². The van der Waals surface area contributed by atoms with Crippen molar-refractivity contribution in [2.75, 3.05) is 14.1 Å². The number of unbranched alkanes of at least 4 members (excludes halogenated alkanes) is 29. The monoisotopic (exact) mass is 586 g/mol. The summed E-state index contributed by atoms with van der Waals surface area (Å²) in [4.78, 5) is 1.37. The van der Waals surface area contributed by atoms with E-state index in [1.807, 2.05) is 0 Å². The number of halogens is 1. The lowest BCUT2D eigenvalue weighted by Crippen LogP contribution is -3.08. The molecule has 0 radical (unpaired) electrons. The van der Waals surface area contributed by atoms with Crippen LogP contribution in [-0.4, -0.2) is 19.6 Å². The third-order valence-electron chi connectivity index (χ3n) is 8.54. The SMILES string of the molecule is CCCCCCCCCCCCCCCCCC(Cl)[NH+](C)C.[CH2-]CCCCCCCCCCCCCCCCC. The molecule has 1 nitrogen and oxygen atoms in total. The van der Waals surface area contributed by atoms with Crippen molar-refractivity contribution in [2.45, 2.75) is 225 Å². The fraction of sp³-hybridized carbons (Fsp3) is 0.974. The number of quaternary nitrogens is 1. The van der Waals surface area contributed by atoms with Gasteiger partial charge in [0.1, 0.15) is 0 Å². The molecule has 0 aliphatic carbocycles. The van der Waals surface area contributed by atoms with Gasteiger partial charge in [0.05, 0.1) is 14.1 Å². The van der Waals surface area contributed by atoms with E-state index in [0.29, 0.717) is 5.50 Å². The molecule has 0 rings (SSSR count). The van der Waals surface area contributed by atoms with E-state index >= 15 is 0 Å². The normalized spacial score (nSPS) is 12.1. The summed E-state index contributed by atoms with van der Waals surface area (Å²) in [5.74, 6) is 0. The zero-order chi connectivity index (χ0) is 29.8. The number of alkyl halides is 1. The first-order valence-electron chi connectivity index (χ1n) is 18.8. The van der Waals surface area contributed by atoms with Crippen LogP contribution in [0.1, 0.15) is 219 Å². The van der Waals surface area contributed by atoms with Gasteiger partial charge in [-0.1, -0.05) is 212 Å². The number of hydrogen-bond acceptors (Lipinski definition) is 0. The van der Waals surface area contributed by atoms with Crippen LogP contribution in [0.25, 0.3) is 0 Å². The predicted molar refractivity (Wildman–Crippen MR) is 187 cm³/mol. The van der Waals surface area contributed by atoms with E-state index in [9.17, 15) is 0 Å². The summed E-state index contributed by atoms with van der Waals surface area (Å²) in [5, 5.41) is 0. The van der Waals surface area contributed by atoms with Crippen LogP contribution in [0.2, 0.25) is 0 Å². The van der Waals surface area contributed by atoms with Gasteiger partial charge in [-0.25, -0.2) is 0 Å². The molecule has 0 heterocycles. The first kappa shape index (κ1) is 42.4. The van der Waals surface area contributed by atoms with Crippen LogP contribution in [0.15, 0.2) is 0 Å². The molecule has 0 aromatic heterocycles. The van der Waals surface area contributed by atoms with Crippen LogP contribution in [-0.2, 0) is 0 Å². The summed E-state index contributed by atoms with van der Waals surface area (Å²) in [5.41, 5.74) is 0.307. The van der Waals surface area contributed by atoms with Crippen LogP contribution in [0, 0.1) is 6.92 Å². The van der Waals surface area contributed by atoms with Crippen molar-refractivity contribution in [3.63, 3.8) is 0 Å². The van der Waals surface area contributed by atoms with Gasteiger partial charge in [-0.15, -0.1) is 0 Å². The standard InChI is InChI=1S/C20H42ClN.C18H37/c1-4-5-6-7-8-9-10-11-12-13-14-15-16-17-18-19-20(21)22(2)3;1-3-5-7-9-11-13-15-17-18-16-14-12-10-8-6-4-2/h20H,4-19H2,1-3H3;1,3-18H2,2H3/q;-1/p+1. The molecule has 1 unspecified atom stereocenters. The molecule has 1 N–H and O–H groups in total. The van der Waals surface area contributed by atoms with Crippen molar-refractivity contribution in [1.82, 2.24) is 0 Å². The second-order valence-electron chi connectivity index (χ2n) is 13.1. The van der Waals surface area contributed by atoms with Crippen LogP contribution >= 0.6 is 11.6 Å². The minimum absolute atomic E-state index is 0.307. The summed E-state index contributed by atoms with van der Waals surface area (Å²) in [7, 11) is 4.28. The Labute approximate surface area is 261 Å². The highest BCUT2D eigenvalue weighted by molar-refractivity contribution is 6.19. The van der Waals surface area contributed by atoms with E-state index in [-0.39, 0.29) is 0 Å². The molecule has 0 aliphatic rings. The van der Waals surface area contributed by atoms with Crippen LogP contribution in [0.5, 0.6) is 0 Å². The fourth-order valence-electron chi connectivity index (χ4n) is 5.53. The molecular weight excluding hydrogens is 506 g/mol. The highest BCUT2D eigenvalue weighted by Crippen LogP contribution is 2.15. The molecule has 0 fully saturated rings. The van der Waals surface area contributed by atoms with Gasteiger partial charge >= 0.3 is 0 Å². The molecule has 1 atom stereocenters. The molecule has 0 bridgehead atoms. The summed E-state index contributed by atoms with van der Waals surface area (Å²) < 4.78 is 0. The maximum Gasteiger partial charge on any atom is 0.162 e. The summed E-state index contributed by atoms with van der Waals surface area (Å²) in [6.45, 7) is 8.47. The van der Waals surface area contributed by atoms with Crippen molar-refractivity contribution < 1.29 is 4.90 Å². The third-order valence-corrected chi connectivity index (χ3v) is 9.20. The minimum Gasteiger partial charge on any atom is -0.343 e. The Kier molecular flexibility index (Phi) is 41.6. The Bertz CT molecular complexity index is 394. The van der Waals surface area contributed by atoms with E-state index in [2.05, 4.69) is 34.9 Å². The molecule has 0 aromatic carbocycles. The average molecular weight is 587 g/mol.